The van der Waals surface area contributed by atoms with Crippen molar-refractivity contribution in [3.05, 3.63) is 0 Å². The Morgan fingerprint density at radius 3 is 2.76 bits per heavy atom. The highest BCUT2D eigenvalue weighted by Crippen LogP contribution is 2.45. The smallest absolute Gasteiger partial charge is 0.0686 e. The lowest BCUT2D eigenvalue weighted by molar-refractivity contribution is -0.137. The Labute approximate surface area is 105 Å². The molecular weight excluding hydrogens is 214 g/mol. The largest absolute Gasteiger partial charge is 0.390 e. The lowest BCUT2D eigenvalue weighted by Gasteiger charge is -2.44. The molecule has 100 valence electrons. The summed E-state index contributed by atoms with van der Waals surface area (Å²) in [6.07, 6.45) is 7.90. The van der Waals surface area contributed by atoms with Gasteiger partial charge in [0.05, 0.1) is 11.2 Å². The lowest BCUT2D eigenvalue weighted by atomic mass is 9.74. The van der Waals surface area contributed by atoms with Gasteiger partial charge in [-0.3, -0.25) is 0 Å². The first-order valence-corrected chi connectivity index (χ1v) is 7.09. The number of aliphatic hydroxyl groups is 1. The van der Waals surface area contributed by atoms with Crippen LogP contribution in [-0.2, 0) is 4.74 Å². The number of hydrogen-bond acceptors (Lipinski definition) is 3. The molecule has 2 rings (SSSR count). The fourth-order valence-corrected chi connectivity index (χ4v) is 3.51. The molecule has 2 unspecified atom stereocenters. The van der Waals surface area contributed by atoms with Crippen molar-refractivity contribution in [1.82, 2.24) is 5.32 Å². The molecule has 3 heteroatoms. The summed E-state index contributed by atoms with van der Waals surface area (Å²) in [6, 6.07) is 0. The average molecular weight is 241 g/mol. The molecule has 1 saturated carbocycles. The monoisotopic (exact) mass is 241 g/mol. The molecule has 0 amide bonds. The maximum Gasteiger partial charge on any atom is 0.0686 e. The standard InChI is InChI=1S/C14H27NO2/c1-13(16,8-9-15-2)12-5-10-17-14(11-12)6-3-4-7-14/h12,15-16H,3-11H2,1-2H3. The van der Waals surface area contributed by atoms with E-state index in [1.54, 1.807) is 0 Å². The van der Waals surface area contributed by atoms with Crippen LogP contribution < -0.4 is 5.32 Å². The molecule has 2 fully saturated rings. The summed E-state index contributed by atoms with van der Waals surface area (Å²) in [4.78, 5) is 0. The molecule has 0 bridgehead atoms. The molecule has 1 spiro atoms. The zero-order valence-electron chi connectivity index (χ0n) is 11.3. The maximum atomic E-state index is 10.6. The first kappa shape index (κ1) is 13.3. The summed E-state index contributed by atoms with van der Waals surface area (Å²) < 4.78 is 6.03. The van der Waals surface area contributed by atoms with Crippen molar-refractivity contribution in [3.8, 4) is 0 Å². The SMILES string of the molecule is CNCCC(C)(O)C1CCOC2(CCCC2)C1. The van der Waals surface area contributed by atoms with Gasteiger partial charge in [0.25, 0.3) is 0 Å². The van der Waals surface area contributed by atoms with E-state index in [0.717, 1.165) is 32.4 Å². The van der Waals surface area contributed by atoms with Crippen LogP contribution in [0.2, 0.25) is 0 Å². The molecule has 0 aromatic heterocycles. The van der Waals surface area contributed by atoms with Gasteiger partial charge in [-0.1, -0.05) is 12.8 Å². The lowest BCUT2D eigenvalue weighted by Crippen LogP contribution is -2.47. The molecule has 1 aliphatic heterocycles. The van der Waals surface area contributed by atoms with Gasteiger partial charge in [0.15, 0.2) is 0 Å². The van der Waals surface area contributed by atoms with Gasteiger partial charge < -0.3 is 15.2 Å². The van der Waals surface area contributed by atoms with Crippen LogP contribution in [-0.4, -0.2) is 36.5 Å². The zero-order chi connectivity index (χ0) is 12.4. The summed E-state index contributed by atoms with van der Waals surface area (Å²) in [5.41, 5.74) is -0.422. The minimum Gasteiger partial charge on any atom is -0.390 e. The van der Waals surface area contributed by atoms with Gasteiger partial charge >= 0.3 is 0 Å². The molecule has 2 aliphatic rings. The molecule has 0 aromatic rings. The second-order valence-corrected chi connectivity index (χ2v) is 6.14. The summed E-state index contributed by atoms with van der Waals surface area (Å²) in [5, 5.41) is 13.8. The van der Waals surface area contributed by atoms with Crippen molar-refractivity contribution in [2.75, 3.05) is 20.2 Å². The van der Waals surface area contributed by atoms with E-state index in [-0.39, 0.29) is 5.60 Å². The number of rotatable bonds is 4. The van der Waals surface area contributed by atoms with Crippen molar-refractivity contribution >= 4 is 0 Å². The molecule has 3 nitrogen and oxygen atoms in total. The summed E-state index contributed by atoms with van der Waals surface area (Å²) in [6.45, 7) is 3.72. The van der Waals surface area contributed by atoms with Crippen molar-refractivity contribution in [1.29, 1.82) is 0 Å². The Bertz CT molecular complexity index is 247. The van der Waals surface area contributed by atoms with Crippen molar-refractivity contribution in [3.63, 3.8) is 0 Å². The Kier molecular flexibility index (Phi) is 4.11. The fraction of sp³-hybridized carbons (Fsp3) is 1.00. The summed E-state index contributed by atoms with van der Waals surface area (Å²) in [7, 11) is 1.94. The van der Waals surface area contributed by atoms with E-state index in [1.807, 2.05) is 14.0 Å². The van der Waals surface area contributed by atoms with Crippen LogP contribution in [0.3, 0.4) is 0 Å². The van der Waals surface area contributed by atoms with Crippen molar-refractivity contribution < 1.29 is 9.84 Å². The van der Waals surface area contributed by atoms with E-state index in [2.05, 4.69) is 5.32 Å². The normalized spacial score (nSPS) is 31.6. The third-order valence-electron chi connectivity index (χ3n) is 4.77. The Balaban J connectivity index is 1.96. The third kappa shape index (κ3) is 3.01. The molecule has 1 heterocycles. The highest BCUT2D eigenvalue weighted by Gasteiger charge is 2.44. The van der Waals surface area contributed by atoms with E-state index in [9.17, 15) is 5.11 Å². The number of hydrogen-bond donors (Lipinski definition) is 2. The van der Waals surface area contributed by atoms with E-state index < -0.39 is 5.60 Å². The Hall–Kier alpha value is -0.120. The fourth-order valence-electron chi connectivity index (χ4n) is 3.51. The van der Waals surface area contributed by atoms with E-state index in [4.69, 9.17) is 4.74 Å². The van der Waals surface area contributed by atoms with Gasteiger partial charge in [-0.2, -0.15) is 0 Å². The highest BCUT2D eigenvalue weighted by atomic mass is 16.5. The van der Waals surface area contributed by atoms with E-state index in [0.29, 0.717) is 5.92 Å². The van der Waals surface area contributed by atoms with E-state index >= 15 is 0 Å². The number of nitrogens with one attached hydrogen (secondary N) is 1. The van der Waals surface area contributed by atoms with Crippen LogP contribution in [0.4, 0.5) is 0 Å². The van der Waals surface area contributed by atoms with Gasteiger partial charge in [-0.25, -0.2) is 0 Å². The summed E-state index contributed by atoms with van der Waals surface area (Å²) in [5.74, 6) is 0.405. The van der Waals surface area contributed by atoms with Crippen LogP contribution >= 0.6 is 0 Å². The van der Waals surface area contributed by atoms with Crippen LogP contribution in [0.5, 0.6) is 0 Å². The highest BCUT2D eigenvalue weighted by molar-refractivity contribution is 4.96. The molecule has 2 atom stereocenters. The summed E-state index contributed by atoms with van der Waals surface area (Å²) >= 11 is 0. The predicted octanol–water partition coefficient (Wildman–Crippen LogP) is 2.09. The van der Waals surface area contributed by atoms with Gasteiger partial charge in [0, 0.05) is 6.61 Å². The molecule has 0 radical (unpaired) electrons. The second-order valence-electron chi connectivity index (χ2n) is 6.14. The van der Waals surface area contributed by atoms with Crippen molar-refractivity contribution in [2.45, 2.75) is 63.1 Å². The molecule has 1 saturated heterocycles. The van der Waals surface area contributed by atoms with Crippen LogP contribution in [0.25, 0.3) is 0 Å². The topological polar surface area (TPSA) is 41.5 Å². The van der Waals surface area contributed by atoms with Gasteiger partial charge in [-0.05, 0) is 58.5 Å². The number of ether oxygens (including phenoxy) is 1. The van der Waals surface area contributed by atoms with Crippen LogP contribution in [0, 0.1) is 5.92 Å². The van der Waals surface area contributed by atoms with E-state index in [1.165, 1.54) is 25.7 Å². The van der Waals surface area contributed by atoms with Crippen LogP contribution in [0.1, 0.15) is 51.9 Å². The van der Waals surface area contributed by atoms with Gasteiger partial charge in [-0.15, -0.1) is 0 Å². The molecule has 0 aromatic carbocycles. The first-order chi connectivity index (χ1) is 8.08. The van der Waals surface area contributed by atoms with Gasteiger partial charge in [0.2, 0.25) is 0 Å². The Morgan fingerprint density at radius 2 is 2.12 bits per heavy atom. The maximum absolute atomic E-state index is 10.6. The van der Waals surface area contributed by atoms with Gasteiger partial charge in [0.1, 0.15) is 0 Å². The Morgan fingerprint density at radius 1 is 1.41 bits per heavy atom. The predicted molar refractivity (Wildman–Crippen MR) is 69.0 cm³/mol. The third-order valence-corrected chi connectivity index (χ3v) is 4.77. The molecule has 17 heavy (non-hydrogen) atoms. The first-order valence-electron chi connectivity index (χ1n) is 7.09. The molecule has 2 N–H and O–H groups in total. The quantitative estimate of drug-likeness (QED) is 0.792. The molecule has 1 aliphatic carbocycles. The minimum atomic E-state index is -0.539. The second kappa shape index (κ2) is 5.25. The minimum absolute atomic E-state index is 0.118. The molecular formula is C14H27NO2. The zero-order valence-corrected chi connectivity index (χ0v) is 11.3. The van der Waals surface area contributed by atoms with Crippen molar-refractivity contribution in [2.24, 2.45) is 5.92 Å². The average Bonchev–Trinajstić information content (AvgIpc) is 2.75. The van der Waals surface area contributed by atoms with Crippen LogP contribution in [0.15, 0.2) is 0 Å².